The quantitative estimate of drug-likeness (QED) is 0.890. The smallest absolute Gasteiger partial charge is 0.222 e. The van der Waals surface area contributed by atoms with Gasteiger partial charge in [0.1, 0.15) is 0 Å². The van der Waals surface area contributed by atoms with Crippen molar-refractivity contribution in [2.45, 2.75) is 64.5 Å². The zero-order chi connectivity index (χ0) is 13.9. The number of nitrogens with one attached hydrogen (secondary N) is 1. The number of thiophene rings is 1. The predicted molar refractivity (Wildman–Crippen MR) is 80.3 cm³/mol. The third-order valence-corrected chi connectivity index (χ3v) is 5.19. The summed E-state index contributed by atoms with van der Waals surface area (Å²) in [6, 6.07) is 2.15. The van der Waals surface area contributed by atoms with Crippen LogP contribution in [-0.2, 0) is 11.3 Å². The number of nitrogens with two attached hydrogens (primary N) is 1. The SMILES string of the molecule is Cc1cc(CNC(=O)CC2(N)CCCCC2)sc1C. The van der Waals surface area contributed by atoms with Crippen LogP contribution in [0.4, 0.5) is 0 Å². The van der Waals surface area contributed by atoms with E-state index in [2.05, 4.69) is 25.2 Å². The molecule has 1 fully saturated rings. The van der Waals surface area contributed by atoms with Crippen LogP contribution in [0.25, 0.3) is 0 Å². The summed E-state index contributed by atoms with van der Waals surface area (Å²) in [6.45, 7) is 4.85. The maximum atomic E-state index is 12.0. The minimum atomic E-state index is -0.260. The van der Waals surface area contributed by atoms with E-state index in [1.54, 1.807) is 11.3 Å². The van der Waals surface area contributed by atoms with Gasteiger partial charge in [-0.2, -0.15) is 0 Å². The standard InChI is InChI=1S/C15H24N2OS/c1-11-8-13(19-12(11)2)10-17-14(18)9-15(16)6-4-3-5-7-15/h8H,3-7,9-10,16H2,1-2H3,(H,17,18). The van der Waals surface area contributed by atoms with E-state index >= 15 is 0 Å². The van der Waals surface area contributed by atoms with Crippen LogP contribution < -0.4 is 11.1 Å². The number of aryl methyl sites for hydroxylation is 2. The molecular formula is C15H24N2OS. The normalized spacial score (nSPS) is 18.3. The molecule has 3 nitrogen and oxygen atoms in total. The molecule has 1 aromatic rings. The van der Waals surface area contributed by atoms with E-state index in [9.17, 15) is 4.79 Å². The van der Waals surface area contributed by atoms with Crippen LogP contribution in [0.1, 0.15) is 53.8 Å². The Kier molecular flexibility index (Phi) is 4.63. The van der Waals surface area contributed by atoms with Crippen LogP contribution in [0, 0.1) is 13.8 Å². The number of hydrogen-bond acceptors (Lipinski definition) is 3. The van der Waals surface area contributed by atoms with Crippen molar-refractivity contribution in [2.24, 2.45) is 5.73 Å². The predicted octanol–water partition coefficient (Wildman–Crippen LogP) is 3.03. The lowest BCUT2D eigenvalue weighted by atomic mass is 9.80. The van der Waals surface area contributed by atoms with E-state index in [0.717, 1.165) is 25.7 Å². The molecule has 4 heteroatoms. The molecule has 0 atom stereocenters. The van der Waals surface area contributed by atoms with Crippen LogP contribution in [-0.4, -0.2) is 11.4 Å². The average Bonchev–Trinajstić information content (AvgIpc) is 2.67. The van der Waals surface area contributed by atoms with Gasteiger partial charge in [0.25, 0.3) is 0 Å². The Morgan fingerprint density at radius 3 is 2.63 bits per heavy atom. The molecule has 0 radical (unpaired) electrons. The molecule has 2 rings (SSSR count). The molecule has 1 aliphatic rings. The highest BCUT2D eigenvalue weighted by atomic mass is 32.1. The van der Waals surface area contributed by atoms with E-state index in [-0.39, 0.29) is 11.4 Å². The molecule has 0 aliphatic heterocycles. The van der Waals surface area contributed by atoms with Crippen LogP contribution >= 0.6 is 11.3 Å². The van der Waals surface area contributed by atoms with Crippen molar-refractivity contribution in [1.29, 1.82) is 0 Å². The number of amides is 1. The molecule has 19 heavy (non-hydrogen) atoms. The summed E-state index contributed by atoms with van der Waals surface area (Å²) < 4.78 is 0. The Labute approximate surface area is 119 Å². The first kappa shape index (κ1) is 14.5. The van der Waals surface area contributed by atoms with Crippen molar-refractivity contribution in [2.75, 3.05) is 0 Å². The molecule has 106 valence electrons. The Morgan fingerprint density at radius 1 is 1.37 bits per heavy atom. The number of carbonyl (C=O) groups excluding carboxylic acids is 1. The summed E-state index contributed by atoms with van der Waals surface area (Å²) in [7, 11) is 0. The Morgan fingerprint density at radius 2 is 2.05 bits per heavy atom. The zero-order valence-electron chi connectivity index (χ0n) is 11.9. The van der Waals surface area contributed by atoms with Crippen molar-refractivity contribution < 1.29 is 4.79 Å². The first-order chi connectivity index (χ1) is 8.98. The number of carbonyl (C=O) groups is 1. The van der Waals surface area contributed by atoms with E-state index in [1.807, 2.05) is 0 Å². The average molecular weight is 280 g/mol. The second-order valence-electron chi connectivity index (χ2n) is 5.83. The zero-order valence-corrected chi connectivity index (χ0v) is 12.7. The van der Waals surface area contributed by atoms with Gasteiger partial charge < -0.3 is 11.1 Å². The van der Waals surface area contributed by atoms with Gasteiger partial charge in [0.2, 0.25) is 5.91 Å². The fraction of sp³-hybridized carbons (Fsp3) is 0.667. The first-order valence-corrected chi connectivity index (χ1v) is 7.92. The van der Waals surface area contributed by atoms with Gasteiger partial charge in [-0.05, 0) is 38.3 Å². The molecular weight excluding hydrogens is 256 g/mol. The minimum Gasteiger partial charge on any atom is -0.351 e. The first-order valence-electron chi connectivity index (χ1n) is 7.10. The number of hydrogen-bond donors (Lipinski definition) is 2. The van der Waals surface area contributed by atoms with Gasteiger partial charge in [0.15, 0.2) is 0 Å². The molecule has 0 aromatic carbocycles. The van der Waals surface area contributed by atoms with E-state index in [4.69, 9.17) is 5.73 Å². The van der Waals surface area contributed by atoms with E-state index in [0.29, 0.717) is 13.0 Å². The monoisotopic (exact) mass is 280 g/mol. The van der Waals surface area contributed by atoms with E-state index in [1.165, 1.54) is 21.7 Å². The van der Waals surface area contributed by atoms with Gasteiger partial charge in [-0.15, -0.1) is 11.3 Å². The summed E-state index contributed by atoms with van der Waals surface area (Å²) in [4.78, 5) is 14.5. The van der Waals surface area contributed by atoms with Crippen molar-refractivity contribution >= 4 is 17.2 Å². The molecule has 0 spiro atoms. The highest BCUT2D eigenvalue weighted by Crippen LogP contribution is 2.28. The summed E-state index contributed by atoms with van der Waals surface area (Å²) in [6.07, 6.45) is 6.01. The Bertz CT molecular complexity index is 427. The molecule has 1 amide bonds. The summed E-state index contributed by atoms with van der Waals surface area (Å²) in [5.74, 6) is 0.0908. The summed E-state index contributed by atoms with van der Waals surface area (Å²) in [5.41, 5.74) is 7.34. The molecule has 1 heterocycles. The molecule has 3 N–H and O–H groups in total. The third kappa shape index (κ3) is 4.05. The molecule has 1 aliphatic carbocycles. The highest BCUT2D eigenvalue weighted by Gasteiger charge is 2.29. The number of rotatable bonds is 4. The maximum absolute atomic E-state index is 12.0. The van der Waals surface area contributed by atoms with Gasteiger partial charge in [-0.3, -0.25) is 4.79 Å². The van der Waals surface area contributed by atoms with Gasteiger partial charge in [-0.25, -0.2) is 0 Å². The molecule has 0 saturated heterocycles. The lowest BCUT2D eigenvalue weighted by Crippen LogP contribution is -2.45. The van der Waals surface area contributed by atoms with Crippen LogP contribution in [0.5, 0.6) is 0 Å². The highest BCUT2D eigenvalue weighted by molar-refractivity contribution is 7.12. The lowest BCUT2D eigenvalue weighted by molar-refractivity contribution is -0.122. The van der Waals surface area contributed by atoms with Gasteiger partial charge in [0, 0.05) is 21.7 Å². The Balaban J connectivity index is 1.81. The van der Waals surface area contributed by atoms with Crippen molar-refractivity contribution in [1.82, 2.24) is 5.32 Å². The molecule has 1 saturated carbocycles. The fourth-order valence-electron chi connectivity index (χ4n) is 2.74. The molecule has 0 unspecified atom stereocenters. The van der Waals surface area contributed by atoms with Crippen molar-refractivity contribution in [3.63, 3.8) is 0 Å². The second kappa shape index (κ2) is 6.06. The second-order valence-corrected chi connectivity index (χ2v) is 7.17. The Hall–Kier alpha value is -0.870. The van der Waals surface area contributed by atoms with Gasteiger partial charge >= 0.3 is 0 Å². The van der Waals surface area contributed by atoms with E-state index < -0.39 is 0 Å². The summed E-state index contributed by atoms with van der Waals surface area (Å²) in [5, 5.41) is 3.00. The largest absolute Gasteiger partial charge is 0.351 e. The molecule has 0 bridgehead atoms. The third-order valence-electron chi connectivity index (χ3n) is 4.04. The van der Waals surface area contributed by atoms with Crippen molar-refractivity contribution in [3.8, 4) is 0 Å². The molecule has 1 aromatic heterocycles. The topological polar surface area (TPSA) is 55.1 Å². The van der Waals surface area contributed by atoms with Crippen LogP contribution in [0.2, 0.25) is 0 Å². The van der Waals surface area contributed by atoms with Gasteiger partial charge in [-0.1, -0.05) is 19.3 Å². The fourth-order valence-corrected chi connectivity index (χ4v) is 3.73. The van der Waals surface area contributed by atoms with Crippen molar-refractivity contribution in [3.05, 3.63) is 21.4 Å². The van der Waals surface area contributed by atoms with Crippen LogP contribution in [0.15, 0.2) is 6.07 Å². The van der Waals surface area contributed by atoms with Gasteiger partial charge in [0.05, 0.1) is 6.54 Å². The lowest BCUT2D eigenvalue weighted by Gasteiger charge is -2.32. The maximum Gasteiger partial charge on any atom is 0.222 e. The minimum absolute atomic E-state index is 0.0908. The summed E-state index contributed by atoms with van der Waals surface area (Å²) >= 11 is 1.76. The van der Waals surface area contributed by atoms with Crippen LogP contribution in [0.3, 0.4) is 0 Å².